The molecule has 2 aromatic carbocycles. The minimum Gasteiger partial charge on any atom is -0.480 e. The summed E-state index contributed by atoms with van der Waals surface area (Å²) in [6.45, 7) is 2.95. The molecule has 0 saturated carbocycles. The number of carboxylic acids is 1. The van der Waals surface area contributed by atoms with Gasteiger partial charge in [0.15, 0.2) is 0 Å². The molecule has 5 nitrogen and oxygen atoms in total. The van der Waals surface area contributed by atoms with Crippen LogP contribution in [0.1, 0.15) is 29.5 Å². The second kappa shape index (κ2) is 8.35. The molecule has 2 aromatic rings. The fourth-order valence-electron chi connectivity index (χ4n) is 3.79. The summed E-state index contributed by atoms with van der Waals surface area (Å²) in [5, 5.41) is 12.5. The van der Waals surface area contributed by atoms with Gasteiger partial charge < -0.3 is 15.2 Å². The lowest BCUT2D eigenvalue weighted by atomic mass is 9.71. The maximum absolute atomic E-state index is 13.3. The largest absolute Gasteiger partial charge is 0.480 e. The van der Waals surface area contributed by atoms with E-state index in [1.165, 1.54) is 0 Å². The summed E-state index contributed by atoms with van der Waals surface area (Å²) in [7, 11) is 0. The molecule has 3 rings (SSSR count). The van der Waals surface area contributed by atoms with E-state index in [-0.39, 0.29) is 12.3 Å². The average molecular weight is 367 g/mol. The number of benzene rings is 2. The fraction of sp³-hybridized carbons (Fsp3) is 0.364. The molecule has 27 heavy (non-hydrogen) atoms. The highest BCUT2D eigenvalue weighted by Gasteiger charge is 2.43. The Hall–Kier alpha value is -2.66. The second-order valence-electron chi connectivity index (χ2n) is 7.06. The third kappa shape index (κ3) is 4.19. The lowest BCUT2D eigenvalue weighted by Crippen LogP contribution is -2.53. The molecule has 1 unspecified atom stereocenters. The predicted molar refractivity (Wildman–Crippen MR) is 103 cm³/mol. The molecule has 1 amide bonds. The van der Waals surface area contributed by atoms with Crippen molar-refractivity contribution in [3.05, 3.63) is 71.3 Å². The molecule has 0 spiro atoms. The summed E-state index contributed by atoms with van der Waals surface area (Å²) in [5.74, 6) is -1.26. The second-order valence-corrected chi connectivity index (χ2v) is 7.06. The first-order valence-corrected chi connectivity index (χ1v) is 9.24. The zero-order chi connectivity index (χ0) is 19.3. The van der Waals surface area contributed by atoms with E-state index in [0.717, 1.165) is 16.7 Å². The van der Waals surface area contributed by atoms with Gasteiger partial charge in [0.2, 0.25) is 5.91 Å². The molecule has 0 aliphatic carbocycles. The van der Waals surface area contributed by atoms with Gasteiger partial charge in [-0.25, -0.2) is 4.79 Å². The van der Waals surface area contributed by atoms with Gasteiger partial charge in [-0.15, -0.1) is 0 Å². The van der Waals surface area contributed by atoms with Gasteiger partial charge in [-0.2, -0.15) is 0 Å². The molecule has 0 aromatic heterocycles. The van der Waals surface area contributed by atoms with Crippen LogP contribution < -0.4 is 5.32 Å². The number of nitrogens with one attached hydrogen (secondary N) is 1. The van der Waals surface area contributed by atoms with E-state index >= 15 is 0 Å². The van der Waals surface area contributed by atoms with Crippen LogP contribution in [0.15, 0.2) is 54.6 Å². The van der Waals surface area contributed by atoms with Crippen molar-refractivity contribution in [2.45, 2.75) is 37.6 Å². The van der Waals surface area contributed by atoms with Crippen molar-refractivity contribution < 1.29 is 19.4 Å². The van der Waals surface area contributed by atoms with Crippen LogP contribution in [0.4, 0.5) is 0 Å². The molecular formula is C22H25NO4. The molecule has 2 N–H and O–H groups in total. The summed E-state index contributed by atoms with van der Waals surface area (Å²) in [6, 6.07) is 16.2. The van der Waals surface area contributed by atoms with Gasteiger partial charge in [0, 0.05) is 19.6 Å². The quantitative estimate of drug-likeness (QED) is 0.823. The van der Waals surface area contributed by atoms with E-state index in [1.54, 1.807) is 0 Å². The number of hydrogen-bond donors (Lipinski definition) is 2. The maximum atomic E-state index is 13.3. The SMILES string of the molecule is Cc1ccccc1C1(C(=O)NC(Cc2ccccc2)C(=O)O)CCOCC1. The first-order chi connectivity index (χ1) is 13.0. The van der Waals surface area contributed by atoms with Crippen LogP contribution in [-0.2, 0) is 26.2 Å². The van der Waals surface area contributed by atoms with Gasteiger partial charge in [-0.05, 0) is 36.5 Å². The van der Waals surface area contributed by atoms with E-state index < -0.39 is 17.4 Å². The highest BCUT2D eigenvalue weighted by Crippen LogP contribution is 2.37. The van der Waals surface area contributed by atoms with Crippen molar-refractivity contribution in [2.75, 3.05) is 13.2 Å². The third-order valence-electron chi connectivity index (χ3n) is 5.33. The van der Waals surface area contributed by atoms with Gasteiger partial charge in [0.25, 0.3) is 0 Å². The normalized spacial score (nSPS) is 17.1. The first-order valence-electron chi connectivity index (χ1n) is 9.24. The monoisotopic (exact) mass is 367 g/mol. The number of rotatable bonds is 6. The van der Waals surface area contributed by atoms with Crippen LogP contribution in [-0.4, -0.2) is 36.2 Å². The van der Waals surface area contributed by atoms with Crippen LogP contribution in [0.3, 0.4) is 0 Å². The van der Waals surface area contributed by atoms with Gasteiger partial charge in [-0.3, -0.25) is 4.79 Å². The zero-order valence-electron chi connectivity index (χ0n) is 15.5. The summed E-state index contributed by atoms with van der Waals surface area (Å²) < 4.78 is 5.49. The van der Waals surface area contributed by atoms with E-state index in [9.17, 15) is 14.7 Å². The molecule has 5 heteroatoms. The lowest BCUT2D eigenvalue weighted by molar-refractivity contribution is -0.143. The Morgan fingerprint density at radius 1 is 1.07 bits per heavy atom. The molecule has 142 valence electrons. The molecule has 1 fully saturated rings. The minimum absolute atomic E-state index is 0.233. The fourth-order valence-corrected chi connectivity index (χ4v) is 3.79. The molecular weight excluding hydrogens is 342 g/mol. The van der Waals surface area contributed by atoms with E-state index in [2.05, 4.69) is 5.32 Å². The molecule has 1 aliphatic rings. The van der Waals surface area contributed by atoms with Gasteiger partial charge >= 0.3 is 5.97 Å². The summed E-state index contributed by atoms with van der Waals surface area (Å²) in [6.07, 6.45) is 1.34. The Morgan fingerprint density at radius 3 is 2.33 bits per heavy atom. The molecule has 0 bridgehead atoms. The summed E-state index contributed by atoms with van der Waals surface area (Å²) in [5.41, 5.74) is 2.11. The third-order valence-corrected chi connectivity index (χ3v) is 5.33. The first kappa shape index (κ1) is 19.1. The Labute approximate surface area is 159 Å². The smallest absolute Gasteiger partial charge is 0.326 e. The average Bonchev–Trinajstić information content (AvgIpc) is 2.69. The van der Waals surface area contributed by atoms with Crippen LogP contribution in [0, 0.1) is 6.92 Å². The Morgan fingerprint density at radius 2 is 1.70 bits per heavy atom. The summed E-state index contributed by atoms with van der Waals surface area (Å²) >= 11 is 0. The highest BCUT2D eigenvalue weighted by molar-refractivity contribution is 5.92. The van der Waals surface area contributed by atoms with Crippen molar-refractivity contribution in [1.29, 1.82) is 0 Å². The summed E-state index contributed by atoms with van der Waals surface area (Å²) in [4.78, 5) is 25.1. The number of carboxylic acid groups (broad SMARTS) is 1. The van der Waals surface area contributed by atoms with Gasteiger partial charge in [0.1, 0.15) is 6.04 Å². The number of ether oxygens (including phenoxy) is 1. The van der Waals surface area contributed by atoms with E-state index in [4.69, 9.17) is 4.74 Å². The molecule has 1 aliphatic heterocycles. The van der Waals surface area contributed by atoms with Crippen LogP contribution in [0.25, 0.3) is 0 Å². The van der Waals surface area contributed by atoms with Crippen LogP contribution in [0.2, 0.25) is 0 Å². The van der Waals surface area contributed by atoms with Crippen molar-refractivity contribution in [2.24, 2.45) is 0 Å². The standard InChI is InChI=1S/C22H25NO4/c1-16-7-5-6-10-18(16)22(11-13-27-14-12-22)21(26)23-19(20(24)25)15-17-8-3-2-4-9-17/h2-10,19H,11-15H2,1H3,(H,23,26)(H,24,25). The van der Waals surface area contributed by atoms with Gasteiger partial charge in [0.05, 0.1) is 5.41 Å². The van der Waals surface area contributed by atoms with Crippen LogP contribution in [0.5, 0.6) is 0 Å². The minimum atomic E-state index is -1.03. The Kier molecular flexibility index (Phi) is 5.91. The van der Waals surface area contributed by atoms with Crippen molar-refractivity contribution >= 4 is 11.9 Å². The lowest BCUT2D eigenvalue weighted by Gasteiger charge is -2.38. The number of hydrogen-bond acceptors (Lipinski definition) is 3. The van der Waals surface area contributed by atoms with Crippen molar-refractivity contribution in [1.82, 2.24) is 5.32 Å². The van der Waals surface area contributed by atoms with E-state index in [0.29, 0.717) is 26.1 Å². The van der Waals surface area contributed by atoms with Crippen molar-refractivity contribution in [3.8, 4) is 0 Å². The van der Waals surface area contributed by atoms with Gasteiger partial charge in [-0.1, -0.05) is 54.6 Å². The number of amides is 1. The van der Waals surface area contributed by atoms with E-state index in [1.807, 2.05) is 61.5 Å². The number of aliphatic carboxylic acids is 1. The molecule has 0 radical (unpaired) electrons. The molecule has 1 saturated heterocycles. The predicted octanol–water partition coefficient (Wildman–Crippen LogP) is 2.86. The zero-order valence-corrected chi connectivity index (χ0v) is 15.5. The number of aryl methyl sites for hydroxylation is 1. The Balaban J connectivity index is 1.87. The molecule has 1 atom stereocenters. The topological polar surface area (TPSA) is 75.6 Å². The highest BCUT2D eigenvalue weighted by atomic mass is 16.5. The number of carbonyl (C=O) groups is 2. The number of carbonyl (C=O) groups excluding carboxylic acids is 1. The van der Waals surface area contributed by atoms with Crippen molar-refractivity contribution in [3.63, 3.8) is 0 Å². The molecule has 1 heterocycles. The van der Waals surface area contributed by atoms with Crippen LogP contribution >= 0.6 is 0 Å². The Bertz CT molecular complexity index is 797. The maximum Gasteiger partial charge on any atom is 0.326 e.